The first-order valence-corrected chi connectivity index (χ1v) is 10.9. The molecule has 0 radical (unpaired) electrons. The fraction of sp³-hybridized carbons (Fsp3) is 0.381. The van der Waals surface area contributed by atoms with Gasteiger partial charge in [0, 0.05) is 19.0 Å². The molecular weight excluding hydrogens is 408 g/mol. The molecule has 2 aromatic carbocycles. The Bertz CT molecular complexity index is 955. The molecule has 0 spiro atoms. The number of rotatable bonds is 11. The van der Waals surface area contributed by atoms with Crippen molar-refractivity contribution in [3.8, 4) is 17.2 Å². The average molecular weight is 437 g/mol. The van der Waals surface area contributed by atoms with Crippen LogP contribution < -0.4 is 24.2 Å². The number of carbonyl (C=O) groups is 1. The Hall–Kier alpha value is -2.78. The zero-order valence-corrected chi connectivity index (χ0v) is 18.5. The van der Waals surface area contributed by atoms with E-state index in [4.69, 9.17) is 14.2 Å². The zero-order chi connectivity index (χ0) is 22.1. The Morgan fingerprint density at radius 2 is 1.60 bits per heavy atom. The van der Waals surface area contributed by atoms with Crippen LogP contribution in [0.2, 0.25) is 0 Å². The summed E-state index contributed by atoms with van der Waals surface area (Å²) in [7, 11) is -0.879. The average Bonchev–Trinajstić information content (AvgIpc) is 2.69. The molecule has 0 saturated carbocycles. The molecule has 0 fully saturated rings. The van der Waals surface area contributed by atoms with Gasteiger partial charge in [-0.15, -0.1) is 0 Å². The third-order valence-electron chi connectivity index (χ3n) is 4.20. The van der Waals surface area contributed by atoms with Gasteiger partial charge in [-0.3, -0.25) is 4.79 Å². The zero-order valence-electron chi connectivity index (χ0n) is 17.7. The van der Waals surface area contributed by atoms with E-state index in [2.05, 4.69) is 16.1 Å². The number of methoxy groups -OCH3 is 2. The predicted molar refractivity (Wildman–Crippen MR) is 114 cm³/mol. The molecular formula is C21H28N2O6S. The fourth-order valence-electron chi connectivity index (χ4n) is 2.83. The minimum Gasteiger partial charge on any atom is -0.493 e. The van der Waals surface area contributed by atoms with Crippen molar-refractivity contribution in [2.45, 2.75) is 25.2 Å². The highest BCUT2D eigenvalue weighted by Crippen LogP contribution is 2.29. The Balaban J connectivity index is 1.75. The molecule has 0 bridgehead atoms. The molecule has 2 N–H and O–H groups in total. The van der Waals surface area contributed by atoms with E-state index in [1.807, 2.05) is 26.0 Å². The number of hydrogen-bond acceptors (Lipinski definition) is 6. The topological polar surface area (TPSA) is 103 Å². The van der Waals surface area contributed by atoms with E-state index in [0.29, 0.717) is 24.7 Å². The number of nitrogens with one attached hydrogen (secondary N) is 2. The van der Waals surface area contributed by atoms with E-state index in [1.165, 1.54) is 32.4 Å². The van der Waals surface area contributed by atoms with Gasteiger partial charge in [0.15, 0.2) is 11.5 Å². The van der Waals surface area contributed by atoms with Gasteiger partial charge in [0.25, 0.3) is 0 Å². The second kappa shape index (κ2) is 10.8. The Morgan fingerprint density at radius 1 is 0.933 bits per heavy atom. The Kier molecular flexibility index (Phi) is 8.49. The first-order valence-electron chi connectivity index (χ1n) is 9.44. The summed E-state index contributed by atoms with van der Waals surface area (Å²) in [6, 6.07) is 10.2. The maximum absolute atomic E-state index is 12.4. The summed E-state index contributed by atoms with van der Waals surface area (Å²) >= 11 is 0. The molecule has 0 saturated heterocycles. The molecule has 0 atom stereocenters. The van der Waals surface area contributed by atoms with E-state index >= 15 is 0 Å². The number of ether oxygens (including phenoxy) is 3. The highest BCUT2D eigenvalue weighted by atomic mass is 32.2. The fourth-order valence-corrected chi connectivity index (χ4v) is 3.88. The SMILES string of the molecule is COc1ccc(S(=O)(=O)NCCC(=O)NCCOc2cc(C)cc(C)c2)cc1OC. The summed E-state index contributed by atoms with van der Waals surface area (Å²) < 4.78 is 43.0. The number of benzene rings is 2. The van der Waals surface area contributed by atoms with Gasteiger partial charge < -0.3 is 19.5 Å². The van der Waals surface area contributed by atoms with Crippen molar-refractivity contribution in [3.05, 3.63) is 47.5 Å². The van der Waals surface area contributed by atoms with E-state index in [0.717, 1.165) is 16.9 Å². The molecule has 0 unspecified atom stereocenters. The third kappa shape index (κ3) is 6.93. The third-order valence-corrected chi connectivity index (χ3v) is 5.66. The quantitative estimate of drug-likeness (QED) is 0.524. The van der Waals surface area contributed by atoms with Crippen molar-refractivity contribution in [2.75, 3.05) is 33.9 Å². The second-order valence-corrected chi connectivity index (χ2v) is 8.45. The summed E-state index contributed by atoms with van der Waals surface area (Å²) in [5, 5.41) is 2.71. The summed E-state index contributed by atoms with van der Waals surface area (Å²) in [4.78, 5) is 12.0. The van der Waals surface area contributed by atoms with Crippen molar-refractivity contribution in [1.82, 2.24) is 10.0 Å². The minimum atomic E-state index is -3.77. The molecule has 30 heavy (non-hydrogen) atoms. The lowest BCUT2D eigenvalue weighted by molar-refractivity contribution is -0.121. The van der Waals surface area contributed by atoms with Gasteiger partial charge in [-0.05, 0) is 49.2 Å². The monoisotopic (exact) mass is 436 g/mol. The van der Waals surface area contributed by atoms with Crippen LogP contribution >= 0.6 is 0 Å². The first kappa shape index (κ1) is 23.5. The molecule has 2 aromatic rings. The lowest BCUT2D eigenvalue weighted by Crippen LogP contribution is -2.32. The van der Waals surface area contributed by atoms with Crippen LogP contribution in [0.4, 0.5) is 0 Å². The highest BCUT2D eigenvalue weighted by Gasteiger charge is 2.17. The van der Waals surface area contributed by atoms with Crippen LogP contribution in [0.15, 0.2) is 41.3 Å². The molecule has 1 amide bonds. The van der Waals surface area contributed by atoms with Crippen molar-refractivity contribution in [2.24, 2.45) is 0 Å². The van der Waals surface area contributed by atoms with Gasteiger partial charge in [0.05, 0.1) is 25.7 Å². The largest absolute Gasteiger partial charge is 0.493 e. The number of amides is 1. The molecule has 2 rings (SSSR count). The van der Waals surface area contributed by atoms with Crippen LogP contribution in [0.1, 0.15) is 17.5 Å². The number of sulfonamides is 1. The lowest BCUT2D eigenvalue weighted by Gasteiger charge is -2.11. The van der Waals surface area contributed by atoms with Gasteiger partial charge in [0.2, 0.25) is 15.9 Å². The summed E-state index contributed by atoms with van der Waals surface area (Å²) in [6.45, 7) is 4.61. The minimum absolute atomic E-state index is 0.00999. The van der Waals surface area contributed by atoms with E-state index in [1.54, 1.807) is 0 Å². The lowest BCUT2D eigenvalue weighted by atomic mass is 10.1. The van der Waals surface area contributed by atoms with Crippen LogP contribution in [0, 0.1) is 13.8 Å². The van der Waals surface area contributed by atoms with Gasteiger partial charge >= 0.3 is 0 Å². The van der Waals surface area contributed by atoms with Gasteiger partial charge in [-0.25, -0.2) is 13.1 Å². The molecule has 0 aliphatic carbocycles. The number of hydrogen-bond donors (Lipinski definition) is 2. The molecule has 9 heteroatoms. The standard InChI is InChI=1S/C21H28N2O6S/c1-15-11-16(2)13-17(12-15)29-10-9-22-21(24)7-8-23-30(25,26)18-5-6-19(27-3)20(14-18)28-4/h5-6,11-14,23H,7-10H2,1-4H3,(H,22,24). The Morgan fingerprint density at radius 3 is 2.23 bits per heavy atom. The molecule has 8 nitrogen and oxygen atoms in total. The van der Waals surface area contributed by atoms with Crippen molar-refractivity contribution in [1.29, 1.82) is 0 Å². The predicted octanol–water partition coefficient (Wildman–Crippen LogP) is 2.18. The normalized spacial score (nSPS) is 11.1. The maximum Gasteiger partial charge on any atom is 0.240 e. The van der Waals surface area contributed by atoms with Crippen molar-refractivity contribution >= 4 is 15.9 Å². The Labute approximate surface area is 177 Å². The van der Waals surface area contributed by atoms with Crippen molar-refractivity contribution in [3.63, 3.8) is 0 Å². The number of carbonyl (C=O) groups excluding carboxylic acids is 1. The smallest absolute Gasteiger partial charge is 0.240 e. The van der Waals surface area contributed by atoms with E-state index in [9.17, 15) is 13.2 Å². The van der Waals surface area contributed by atoms with Gasteiger partial charge in [0.1, 0.15) is 12.4 Å². The van der Waals surface area contributed by atoms with Gasteiger partial charge in [-0.2, -0.15) is 0 Å². The molecule has 0 aliphatic rings. The highest BCUT2D eigenvalue weighted by molar-refractivity contribution is 7.89. The van der Waals surface area contributed by atoms with Crippen LogP contribution in [0.3, 0.4) is 0 Å². The van der Waals surface area contributed by atoms with Crippen molar-refractivity contribution < 1.29 is 27.4 Å². The summed E-state index contributed by atoms with van der Waals surface area (Å²) in [5.74, 6) is 1.22. The second-order valence-electron chi connectivity index (χ2n) is 6.69. The van der Waals surface area contributed by atoms with Crippen LogP contribution in [0.25, 0.3) is 0 Å². The molecule has 0 heterocycles. The van der Waals surface area contributed by atoms with Crippen LogP contribution in [-0.4, -0.2) is 48.2 Å². The van der Waals surface area contributed by atoms with E-state index < -0.39 is 10.0 Å². The summed E-state index contributed by atoms with van der Waals surface area (Å²) in [5.41, 5.74) is 2.21. The number of aryl methyl sites for hydroxylation is 2. The first-order chi connectivity index (χ1) is 14.2. The van der Waals surface area contributed by atoms with Crippen LogP contribution in [0.5, 0.6) is 17.2 Å². The van der Waals surface area contributed by atoms with Crippen LogP contribution in [-0.2, 0) is 14.8 Å². The van der Waals surface area contributed by atoms with Gasteiger partial charge in [-0.1, -0.05) is 6.07 Å². The molecule has 164 valence electrons. The molecule has 0 aromatic heterocycles. The summed E-state index contributed by atoms with van der Waals surface area (Å²) in [6.07, 6.45) is 0.00999. The molecule has 0 aliphatic heterocycles. The van der Waals surface area contributed by atoms with E-state index in [-0.39, 0.29) is 23.8 Å². The maximum atomic E-state index is 12.4.